The summed E-state index contributed by atoms with van der Waals surface area (Å²) in [5.74, 6) is -0.353. The molecule has 10 heteroatoms. The van der Waals surface area contributed by atoms with Gasteiger partial charge in [0, 0.05) is 25.0 Å². The highest BCUT2D eigenvalue weighted by Crippen LogP contribution is 2.23. The number of halogens is 1. The Labute approximate surface area is 222 Å². The fourth-order valence-corrected chi connectivity index (χ4v) is 4.98. The van der Waals surface area contributed by atoms with Crippen LogP contribution in [0, 0.1) is 0 Å². The van der Waals surface area contributed by atoms with Crippen molar-refractivity contribution in [3.8, 4) is 5.75 Å². The number of ether oxygens (including phenoxy) is 1. The molecule has 0 radical (unpaired) electrons. The molecular formula is C27H30ClN3O5S. The number of sulfonamides is 1. The third-order valence-corrected chi connectivity index (χ3v) is 7.17. The number of nitrogens with zero attached hydrogens (tertiary/aromatic N) is 2. The monoisotopic (exact) mass is 543 g/mol. The first-order valence-electron chi connectivity index (χ1n) is 11.5. The Kier molecular flexibility index (Phi) is 9.54. The highest BCUT2D eigenvalue weighted by atomic mass is 35.5. The van der Waals surface area contributed by atoms with Crippen LogP contribution in [0.3, 0.4) is 0 Å². The van der Waals surface area contributed by atoms with Gasteiger partial charge in [-0.15, -0.1) is 0 Å². The zero-order chi connectivity index (χ0) is 27.0. The number of anilines is 1. The van der Waals surface area contributed by atoms with Gasteiger partial charge in [0.25, 0.3) is 0 Å². The summed E-state index contributed by atoms with van der Waals surface area (Å²) < 4.78 is 31.6. The molecule has 0 unspecified atom stereocenters. The number of benzene rings is 3. The van der Waals surface area contributed by atoms with E-state index in [0.717, 1.165) is 16.1 Å². The Morgan fingerprint density at radius 2 is 1.62 bits per heavy atom. The number of methoxy groups -OCH3 is 1. The van der Waals surface area contributed by atoms with E-state index in [2.05, 4.69) is 5.32 Å². The highest BCUT2D eigenvalue weighted by Gasteiger charge is 2.32. The molecule has 3 rings (SSSR count). The number of nitrogens with one attached hydrogen (secondary N) is 1. The van der Waals surface area contributed by atoms with Crippen LogP contribution < -0.4 is 14.4 Å². The van der Waals surface area contributed by atoms with Crippen LogP contribution in [0.25, 0.3) is 0 Å². The van der Waals surface area contributed by atoms with Crippen LogP contribution in [0.4, 0.5) is 5.69 Å². The summed E-state index contributed by atoms with van der Waals surface area (Å²) in [5, 5.41) is 3.13. The molecule has 0 aliphatic rings. The van der Waals surface area contributed by atoms with Crippen LogP contribution in [0.2, 0.25) is 5.02 Å². The van der Waals surface area contributed by atoms with Crippen molar-refractivity contribution < 1.29 is 22.7 Å². The Hall–Kier alpha value is -3.56. The quantitative estimate of drug-likeness (QED) is 0.399. The van der Waals surface area contributed by atoms with Gasteiger partial charge in [-0.2, -0.15) is 0 Å². The van der Waals surface area contributed by atoms with Gasteiger partial charge in [0.15, 0.2) is 0 Å². The largest absolute Gasteiger partial charge is 0.497 e. The van der Waals surface area contributed by atoms with Crippen molar-refractivity contribution in [3.05, 3.63) is 95.0 Å². The number of hydrogen-bond acceptors (Lipinski definition) is 5. The molecule has 196 valence electrons. The molecule has 2 amide bonds. The Bertz CT molecular complexity index is 1320. The van der Waals surface area contributed by atoms with E-state index in [4.69, 9.17) is 16.3 Å². The van der Waals surface area contributed by atoms with Gasteiger partial charge in [0.1, 0.15) is 18.3 Å². The van der Waals surface area contributed by atoms with Gasteiger partial charge in [-0.3, -0.25) is 13.9 Å². The first-order chi connectivity index (χ1) is 17.6. The average molecular weight is 544 g/mol. The lowest BCUT2D eigenvalue weighted by atomic mass is 10.0. The minimum Gasteiger partial charge on any atom is -0.497 e. The summed E-state index contributed by atoms with van der Waals surface area (Å²) in [4.78, 5) is 28.3. The normalized spacial score (nSPS) is 11.9. The summed E-state index contributed by atoms with van der Waals surface area (Å²) in [7, 11) is -0.824. The standard InChI is InChI=1S/C27H30ClN3O5S/c1-29-27(33)25(17-20-8-5-4-6-9-20)30(18-21-10-7-11-22(28)16-21)26(32)19-31(37(3,34)35)23-12-14-24(36-2)15-13-23/h4-16,25H,17-19H2,1-3H3,(H,29,33)/t25-/m0/s1. The summed E-state index contributed by atoms with van der Waals surface area (Å²) in [5.41, 5.74) is 1.87. The van der Waals surface area contributed by atoms with E-state index in [-0.39, 0.29) is 18.9 Å². The van der Waals surface area contributed by atoms with Crippen molar-refractivity contribution in [2.75, 3.05) is 31.3 Å². The van der Waals surface area contributed by atoms with Gasteiger partial charge in [-0.25, -0.2) is 8.42 Å². The maximum atomic E-state index is 13.8. The zero-order valence-electron chi connectivity index (χ0n) is 20.9. The average Bonchev–Trinajstić information content (AvgIpc) is 2.88. The molecule has 1 N–H and O–H groups in total. The first-order valence-corrected chi connectivity index (χ1v) is 13.8. The number of hydrogen-bond donors (Lipinski definition) is 1. The summed E-state index contributed by atoms with van der Waals surface area (Å²) in [6.45, 7) is -0.432. The molecule has 0 saturated heterocycles. The van der Waals surface area contributed by atoms with E-state index in [1.165, 1.54) is 19.1 Å². The van der Waals surface area contributed by atoms with Crippen molar-refractivity contribution in [1.82, 2.24) is 10.2 Å². The Morgan fingerprint density at radius 1 is 0.973 bits per heavy atom. The summed E-state index contributed by atoms with van der Waals surface area (Å²) in [6, 6.07) is 21.8. The van der Waals surface area contributed by atoms with E-state index in [1.807, 2.05) is 30.3 Å². The van der Waals surface area contributed by atoms with Crippen molar-refractivity contribution in [2.45, 2.75) is 19.0 Å². The number of amides is 2. The van der Waals surface area contributed by atoms with Gasteiger partial charge < -0.3 is 15.0 Å². The second kappa shape index (κ2) is 12.6. The fraction of sp³-hybridized carbons (Fsp3) is 0.259. The fourth-order valence-electron chi connectivity index (χ4n) is 3.91. The van der Waals surface area contributed by atoms with E-state index >= 15 is 0 Å². The minimum absolute atomic E-state index is 0.0600. The lowest BCUT2D eigenvalue weighted by molar-refractivity contribution is -0.139. The van der Waals surface area contributed by atoms with E-state index in [1.54, 1.807) is 48.5 Å². The van der Waals surface area contributed by atoms with Crippen LogP contribution >= 0.6 is 11.6 Å². The summed E-state index contributed by atoms with van der Waals surface area (Å²) >= 11 is 6.18. The van der Waals surface area contributed by atoms with Gasteiger partial charge in [-0.1, -0.05) is 54.1 Å². The number of rotatable bonds is 11. The molecule has 3 aromatic rings. The van der Waals surface area contributed by atoms with Crippen LogP contribution in [-0.4, -0.2) is 58.1 Å². The van der Waals surface area contributed by atoms with Crippen molar-refractivity contribution in [1.29, 1.82) is 0 Å². The molecule has 1 atom stereocenters. The molecule has 0 heterocycles. The van der Waals surface area contributed by atoms with Gasteiger partial charge >= 0.3 is 0 Å². The second-order valence-electron chi connectivity index (χ2n) is 8.44. The Morgan fingerprint density at radius 3 is 2.19 bits per heavy atom. The first kappa shape index (κ1) is 28.0. The molecule has 0 aliphatic heterocycles. The second-order valence-corrected chi connectivity index (χ2v) is 10.8. The van der Waals surface area contributed by atoms with Gasteiger partial charge in [0.2, 0.25) is 21.8 Å². The van der Waals surface area contributed by atoms with Crippen molar-refractivity contribution >= 4 is 39.1 Å². The number of carbonyl (C=O) groups is 2. The minimum atomic E-state index is -3.83. The van der Waals surface area contributed by atoms with Crippen molar-refractivity contribution in [2.24, 2.45) is 0 Å². The summed E-state index contributed by atoms with van der Waals surface area (Å²) in [6.07, 6.45) is 1.28. The predicted octanol–water partition coefficient (Wildman–Crippen LogP) is 3.50. The predicted molar refractivity (Wildman–Crippen MR) is 145 cm³/mol. The van der Waals surface area contributed by atoms with Gasteiger partial charge in [0.05, 0.1) is 19.1 Å². The topological polar surface area (TPSA) is 96.0 Å². The highest BCUT2D eigenvalue weighted by molar-refractivity contribution is 7.92. The molecule has 0 saturated carbocycles. The van der Waals surface area contributed by atoms with Crippen LogP contribution in [0.15, 0.2) is 78.9 Å². The molecular weight excluding hydrogens is 514 g/mol. The molecule has 0 aromatic heterocycles. The third-order valence-electron chi connectivity index (χ3n) is 5.80. The molecule has 3 aromatic carbocycles. The van der Waals surface area contributed by atoms with Crippen molar-refractivity contribution in [3.63, 3.8) is 0 Å². The van der Waals surface area contributed by atoms with Gasteiger partial charge in [-0.05, 0) is 47.5 Å². The third kappa shape index (κ3) is 7.71. The zero-order valence-corrected chi connectivity index (χ0v) is 22.5. The van der Waals surface area contributed by atoms with E-state index in [9.17, 15) is 18.0 Å². The molecule has 0 spiro atoms. The van der Waals surface area contributed by atoms with E-state index in [0.29, 0.717) is 22.0 Å². The smallest absolute Gasteiger partial charge is 0.244 e. The number of carbonyl (C=O) groups excluding carboxylic acids is 2. The molecule has 0 fully saturated rings. The molecule has 0 aliphatic carbocycles. The lowest BCUT2D eigenvalue weighted by Crippen LogP contribution is -2.52. The molecule has 37 heavy (non-hydrogen) atoms. The maximum absolute atomic E-state index is 13.8. The van der Waals surface area contributed by atoms with Crippen LogP contribution in [0.5, 0.6) is 5.75 Å². The van der Waals surface area contributed by atoms with Crippen LogP contribution in [0.1, 0.15) is 11.1 Å². The lowest BCUT2D eigenvalue weighted by Gasteiger charge is -2.33. The molecule has 0 bridgehead atoms. The SMILES string of the molecule is CNC(=O)[C@H](Cc1ccccc1)N(Cc1cccc(Cl)c1)C(=O)CN(c1ccc(OC)cc1)S(C)(=O)=O. The molecule has 8 nitrogen and oxygen atoms in total. The number of likely N-dealkylation sites (N-methyl/N-ethyl adjacent to an activating group) is 1. The van der Waals surface area contributed by atoms with Crippen LogP contribution in [-0.2, 0) is 32.6 Å². The maximum Gasteiger partial charge on any atom is 0.244 e. The van der Waals surface area contributed by atoms with E-state index < -0.39 is 28.5 Å². The Balaban J connectivity index is 2.01.